The topological polar surface area (TPSA) is 78.4 Å². The monoisotopic (exact) mass is 192 g/mol. The maximum Gasteiger partial charge on any atom is 0.335 e. The van der Waals surface area contributed by atoms with Gasteiger partial charge >= 0.3 is 10.1 Å². The van der Waals surface area contributed by atoms with Crippen LogP contribution in [-0.2, 0) is 10.1 Å². The molecule has 0 bridgehead atoms. The smallest absolute Gasteiger partial charge is 0.314 e. The van der Waals surface area contributed by atoms with Gasteiger partial charge in [0.25, 0.3) is 0 Å². The fourth-order valence-electron chi connectivity index (χ4n) is 0.604. The third-order valence-electron chi connectivity index (χ3n) is 1.11. The first kappa shape index (κ1) is 11.4. The molecule has 1 aliphatic rings. The number of terminal acetylenes is 1. The largest absolute Gasteiger partial charge is 0.335 e. The Bertz CT molecular complexity index is 226. The van der Waals surface area contributed by atoms with Crippen molar-refractivity contribution in [2.45, 2.75) is 0 Å². The van der Waals surface area contributed by atoms with Crippen LogP contribution >= 0.6 is 0 Å². The molecule has 3 N–H and O–H groups in total. The lowest BCUT2D eigenvalue weighted by atomic mass is 10.4. The fourth-order valence-corrected chi connectivity index (χ4v) is 0.604. The molecule has 0 unspecified atom stereocenters. The Hall–Kier alpha value is -0.610. The molecule has 0 aromatic rings. The minimum atomic E-state index is -4.13. The lowest BCUT2D eigenvalue weighted by Gasteiger charge is -2.11. The summed E-state index contributed by atoms with van der Waals surface area (Å²) in [4.78, 5) is 0. The normalized spacial score (nSPS) is 17.0. The molecule has 0 radical (unpaired) electrons. The van der Waals surface area contributed by atoms with E-state index in [0.717, 1.165) is 31.4 Å². The van der Waals surface area contributed by atoms with Gasteiger partial charge in [-0.3, -0.25) is 4.55 Å². The zero-order valence-electron chi connectivity index (χ0n) is 6.58. The highest BCUT2D eigenvalue weighted by atomic mass is 32.2. The minimum Gasteiger partial charge on any atom is -0.314 e. The van der Waals surface area contributed by atoms with E-state index in [0.29, 0.717) is 0 Å². The highest BCUT2D eigenvalue weighted by Crippen LogP contribution is 1.68. The van der Waals surface area contributed by atoms with Gasteiger partial charge in [0.15, 0.2) is 0 Å². The zero-order valence-corrected chi connectivity index (χ0v) is 7.39. The summed E-state index contributed by atoms with van der Waals surface area (Å²) in [5.74, 6) is 0. The second kappa shape index (κ2) is 5.97. The van der Waals surface area contributed by atoms with Crippen LogP contribution in [0.5, 0.6) is 0 Å². The number of rotatable bonds is 0. The van der Waals surface area contributed by atoms with Crippen LogP contribution in [0.1, 0.15) is 0 Å². The van der Waals surface area contributed by atoms with E-state index in [1.165, 1.54) is 0 Å². The van der Waals surface area contributed by atoms with E-state index in [1.54, 1.807) is 0 Å². The Morgan fingerprint density at radius 1 is 1.17 bits per heavy atom. The van der Waals surface area contributed by atoms with Gasteiger partial charge in [0.1, 0.15) is 0 Å². The second-order valence-corrected chi connectivity index (χ2v) is 3.28. The number of hydrogen-bond acceptors (Lipinski definition) is 4. The predicted molar refractivity (Wildman–Crippen MR) is 46.1 cm³/mol. The molecule has 1 heterocycles. The van der Waals surface area contributed by atoms with Gasteiger partial charge in [0, 0.05) is 26.2 Å². The summed E-state index contributed by atoms with van der Waals surface area (Å²) in [6, 6.07) is 0. The van der Waals surface area contributed by atoms with Crippen LogP contribution in [0.2, 0.25) is 0 Å². The van der Waals surface area contributed by atoms with Crippen molar-refractivity contribution in [3.8, 4) is 11.7 Å². The number of hydrogen-bond donors (Lipinski definition) is 3. The van der Waals surface area contributed by atoms with Crippen LogP contribution in [0, 0.1) is 11.7 Å². The third-order valence-corrected chi connectivity index (χ3v) is 1.40. The Kier molecular flexibility index (Phi) is 5.66. The molecular formula is C6H12N2O3S. The van der Waals surface area contributed by atoms with Gasteiger partial charge in [-0.15, -0.1) is 6.42 Å². The Morgan fingerprint density at radius 2 is 1.42 bits per heavy atom. The molecule has 12 heavy (non-hydrogen) atoms. The molecule has 1 saturated heterocycles. The van der Waals surface area contributed by atoms with Gasteiger partial charge in [0.05, 0.1) is 5.25 Å². The minimum absolute atomic E-state index is 1.13. The molecule has 1 aliphatic heterocycles. The molecule has 0 aromatic carbocycles. The summed E-state index contributed by atoms with van der Waals surface area (Å²) in [6.45, 7) is 4.56. The average Bonchev–Trinajstić information content (AvgIpc) is 2.07. The lowest BCUT2D eigenvalue weighted by molar-refractivity contribution is 0.496. The molecule has 0 spiro atoms. The molecule has 70 valence electrons. The standard InChI is InChI=1S/C4H10N2.C2H2O3S/c1-2-6-4-3-5-1;1-2-6(3,4)5/h5-6H,1-4H2;1H,(H,3,4,5). The highest BCUT2D eigenvalue weighted by molar-refractivity contribution is 7.90. The van der Waals surface area contributed by atoms with Crippen molar-refractivity contribution in [1.82, 2.24) is 10.6 Å². The van der Waals surface area contributed by atoms with Crippen LogP contribution < -0.4 is 10.6 Å². The third kappa shape index (κ3) is 9.39. The van der Waals surface area contributed by atoms with Gasteiger partial charge in [-0.25, -0.2) is 0 Å². The molecule has 0 amide bonds. The number of nitrogens with one attached hydrogen (secondary N) is 2. The van der Waals surface area contributed by atoms with Crippen molar-refractivity contribution in [2.75, 3.05) is 26.2 Å². The van der Waals surface area contributed by atoms with Crippen molar-refractivity contribution in [3.63, 3.8) is 0 Å². The van der Waals surface area contributed by atoms with E-state index >= 15 is 0 Å². The summed E-state index contributed by atoms with van der Waals surface area (Å²) in [7, 11) is -4.13. The molecule has 0 aliphatic carbocycles. The van der Waals surface area contributed by atoms with Crippen molar-refractivity contribution in [2.24, 2.45) is 0 Å². The molecule has 1 rings (SSSR count). The van der Waals surface area contributed by atoms with E-state index in [2.05, 4.69) is 17.1 Å². The van der Waals surface area contributed by atoms with Gasteiger partial charge in [-0.2, -0.15) is 8.42 Å². The van der Waals surface area contributed by atoms with Gasteiger partial charge in [-0.1, -0.05) is 0 Å². The highest BCUT2D eigenvalue weighted by Gasteiger charge is 1.91. The SMILES string of the molecule is C#CS(=O)(=O)O.C1CNCCN1. The fraction of sp³-hybridized carbons (Fsp3) is 0.667. The van der Waals surface area contributed by atoms with E-state index in [-0.39, 0.29) is 0 Å². The van der Waals surface area contributed by atoms with Crippen LogP contribution in [0.25, 0.3) is 0 Å². The van der Waals surface area contributed by atoms with Crippen molar-refractivity contribution in [1.29, 1.82) is 0 Å². The molecule has 0 aromatic heterocycles. The molecule has 1 fully saturated rings. The van der Waals surface area contributed by atoms with Crippen molar-refractivity contribution >= 4 is 10.1 Å². The summed E-state index contributed by atoms with van der Waals surface area (Å²) >= 11 is 0. The first-order chi connectivity index (χ1) is 5.56. The first-order valence-electron chi connectivity index (χ1n) is 3.42. The van der Waals surface area contributed by atoms with E-state index in [9.17, 15) is 8.42 Å². The Labute approximate surface area is 72.3 Å². The van der Waals surface area contributed by atoms with Crippen molar-refractivity contribution in [3.05, 3.63) is 0 Å². The van der Waals surface area contributed by atoms with Crippen LogP contribution in [0.3, 0.4) is 0 Å². The summed E-state index contributed by atoms with van der Waals surface area (Å²) in [5.41, 5.74) is 0. The average molecular weight is 192 g/mol. The van der Waals surface area contributed by atoms with Crippen LogP contribution in [-0.4, -0.2) is 39.1 Å². The Morgan fingerprint density at radius 3 is 1.50 bits per heavy atom. The lowest BCUT2D eigenvalue weighted by Crippen LogP contribution is -2.39. The van der Waals surface area contributed by atoms with Crippen LogP contribution in [0.15, 0.2) is 0 Å². The quantitative estimate of drug-likeness (QED) is 0.326. The van der Waals surface area contributed by atoms with Gasteiger partial charge in [-0.05, 0) is 0 Å². The number of piperazine rings is 1. The molecule has 6 heteroatoms. The van der Waals surface area contributed by atoms with E-state index in [1.807, 2.05) is 0 Å². The molecular weight excluding hydrogens is 180 g/mol. The second-order valence-electron chi connectivity index (χ2n) is 2.09. The summed E-state index contributed by atoms with van der Waals surface area (Å²) in [5, 5.41) is 7.58. The molecule has 0 saturated carbocycles. The Balaban J connectivity index is 0.000000202. The van der Waals surface area contributed by atoms with Crippen molar-refractivity contribution < 1.29 is 13.0 Å². The van der Waals surface area contributed by atoms with E-state index in [4.69, 9.17) is 4.55 Å². The van der Waals surface area contributed by atoms with Crippen LogP contribution in [0.4, 0.5) is 0 Å². The summed E-state index contributed by atoms with van der Waals surface area (Å²) in [6.07, 6.45) is 4.22. The zero-order chi connectivity index (χ0) is 9.45. The predicted octanol–water partition coefficient (Wildman–Crippen LogP) is -1.36. The van der Waals surface area contributed by atoms with Gasteiger partial charge in [0.2, 0.25) is 0 Å². The molecule has 0 atom stereocenters. The first-order valence-corrected chi connectivity index (χ1v) is 4.86. The molecule has 5 nitrogen and oxygen atoms in total. The maximum atomic E-state index is 9.32. The summed E-state index contributed by atoms with van der Waals surface area (Å²) < 4.78 is 26.2. The van der Waals surface area contributed by atoms with E-state index < -0.39 is 10.1 Å². The van der Waals surface area contributed by atoms with Gasteiger partial charge < -0.3 is 10.6 Å². The maximum absolute atomic E-state index is 9.32.